The molecule has 0 spiro atoms. The van der Waals surface area contributed by atoms with E-state index in [4.69, 9.17) is 0 Å². The quantitative estimate of drug-likeness (QED) is 0.764. The Kier molecular flexibility index (Phi) is 3.03. The number of hydrogen-bond donors (Lipinski definition) is 2. The Morgan fingerprint density at radius 3 is 2.68 bits per heavy atom. The van der Waals surface area contributed by atoms with Gasteiger partial charge in [-0.2, -0.15) is 5.10 Å². The summed E-state index contributed by atoms with van der Waals surface area (Å²) in [5.41, 5.74) is 2.97. The number of benzene rings is 1. The van der Waals surface area contributed by atoms with E-state index in [1.54, 1.807) is 11.6 Å². The van der Waals surface area contributed by atoms with Crippen LogP contribution in [0, 0.1) is 0 Å². The van der Waals surface area contributed by atoms with Crippen molar-refractivity contribution in [1.29, 1.82) is 0 Å². The van der Waals surface area contributed by atoms with Crippen molar-refractivity contribution in [2.45, 2.75) is 0 Å². The molecule has 0 aliphatic carbocycles. The van der Waals surface area contributed by atoms with Gasteiger partial charge in [-0.25, -0.2) is 0 Å². The fourth-order valence-corrected chi connectivity index (χ4v) is 2.04. The molecule has 3 aromatic rings. The van der Waals surface area contributed by atoms with E-state index in [-0.39, 0.29) is 5.91 Å². The minimum absolute atomic E-state index is 0.261. The largest absolute Gasteiger partial charge is 0.321 e. The van der Waals surface area contributed by atoms with E-state index in [1.807, 2.05) is 30.3 Å². The summed E-state index contributed by atoms with van der Waals surface area (Å²) >= 11 is 1.15. The Balaban J connectivity index is 1.75. The highest BCUT2D eigenvalue weighted by Crippen LogP contribution is 2.19. The maximum Gasteiger partial charge on any atom is 0.277 e. The normalized spacial score (nSPS) is 10.3. The van der Waals surface area contributed by atoms with Crippen molar-refractivity contribution in [3.63, 3.8) is 0 Å². The number of carbonyl (C=O) groups excluding carboxylic acids is 1. The van der Waals surface area contributed by atoms with E-state index in [0.717, 1.165) is 22.8 Å². The van der Waals surface area contributed by atoms with Gasteiger partial charge >= 0.3 is 0 Å². The van der Waals surface area contributed by atoms with Gasteiger partial charge in [0.1, 0.15) is 0 Å². The fraction of sp³-hybridized carbons (Fsp3) is 0. The molecule has 0 aliphatic heterocycles. The van der Waals surface area contributed by atoms with Gasteiger partial charge in [0.05, 0.1) is 5.69 Å². The fourth-order valence-electron chi connectivity index (χ4n) is 1.61. The van der Waals surface area contributed by atoms with Crippen molar-refractivity contribution in [3.8, 4) is 11.3 Å². The highest BCUT2D eigenvalue weighted by Gasteiger charge is 2.08. The number of aromatic nitrogens is 4. The minimum Gasteiger partial charge on any atom is -0.321 e. The molecule has 0 saturated carbocycles. The summed E-state index contributed by atoms with van der Waals surface area (Å²) in [6.07, 6.45) is 1.69. The molecule has 94 valence electrons. The van der Waals surface area contributed by atoms with E-state index in [0.29, 0.717) is 11.4 Å². The molecule has 2 aromatic heterocycles. The molecule has 0 fully saturated rings. The number of aromatic amines is 1. The molecule has 0 bridgehead atoms. The predicted molar refractivity (Wildman–Crippen MR) is 71.9 cm³/mol. The van der Waals surface area contributed by atoms with Gasteiger partial charge in [-0.05, 0) is 35.3 Å². The molecule has 1 amide bonds. The number of anilines is 1. The summed E-state index contributed by atoms with van der Waals surface area (Å²) in [4.78, 5) is 11.8. The number of H-pyrrole nitrogens is 1. The monoisotopic (exact) mass is 271 g/mol. The summed E-state index contributed by atoms with van der Waals surface area (Å²) in [6.45, 7) is 0. The van der Waals surface area contributed by atoms with Crippen LogP contribution in [-0.2, 0) is 0 Å². The van der Waals surface area contributed by atoms with Gasteiger partial charge in [0.15, 0.2) is 5.69 Å². The third-order valence-corrected chi connectivity index (χ3v) is 3.05. The lowest BCUT2D eigenvalue weighted by Gasteiger charge is -2.04. The molecule has 7 heteroatoms. The molecule has 0 radical (unpaired) electrons. The number of carbonyl (C=O) groups is 1. The third kappa shape index (κ3) is 2.50. The van der Waals surface area contributed by atoms with E-state index in [1.165, 1.54) is 0 Å². The first kappa shape index (κ1) is 11.5. The SMILES string of the molecule is O=C(Nc1ccc(-c2ccn[nH]2)cc1)c1csnn1. The van der Waals surface area contributed by atoms with Gasteiger partial charge in [0.25, 0.3) is 5.91 Å². The van der Waals surface area contributed by atoms with Crippen molar-refractivity contribution in [3.05, 3.63) is 47.6 Å². The second kappa shape index (κ2) is 4.99. The lowest BCUT2D eigenvalue weighted by atomic mass is 10.1. The summed E-state index contributed by atoms with van der Waals surface area (Å²) < 4.78 is 3.65. The molecule has 0 unspecified atom stereocenters. The Morgan fingerprint density at radius 1 is 1.21 bits per heavy atom. The van der Waals surface area contributed by atoms with E-state index in [9.17, 15) is 4.79 Å². The number of hydrogen-bond acceptors (Lipinski definition) is 5. The predicted octanol–water partition coefficient (Wildman–Crippen LogP) is 2.18. The van der Waals surface area contributed by atoms with Crippen LogP contribution < -0.4 is 5.32 Å². The first-order valence-corrected chi connectivity index (χ1v) is 6.35. The number of rotatable bonds is 3. The number of amides is 1. The molecule has 0 saturated heterocycles. The van der Waals surface area contributed by atoms with Crippen LogP contribution in [0.1, 0.15) is 10.5 Å². The highest BCUT2D eigenvalue weighted by molar-refractivity contribution is 7.03. The van der Waals surface area contributed by atoms with Crippen molar-refractivity contribution in [2.75, 3.05) is 5.32 Å². The van der Waals surface area contributed by atoms with Gasteiger partial charge < -0.3 is 5.32 Å². The molecular formula is C12H9N5OS. The average Bonchev–Trinajstić information content (AvgIpc) is 3.13. The van der Waals surface area contributed by atoms with Crippen LogP contribution in [0.25, 0.3) is 11.3 Å². The second-order valence-electron chi connectivity index (χ2n) is 3.79. The molecule has 19 heavy (non-hydrogen) atoms. The van der Waals surface area contributed by atoms with Crippen LogP contribution in [0.5, 0.6) is 0 Å². The van der Waals surface area contributed by atoms with Crippen LogP contribution in [0.4, 0.5) is 5.69 Å². The molecule has 2 N–H and O–H groups in total. The molecule has 6 nitrogen and oxygen atoms in total. The zero-order chi connectivity index (χ0) is 13.1. The lowest BCUT2D eigenvalue weighted by Crippen LogP contribution is -2.12. The van der Waals surface area contributed by atoms with Crippen molar-refractivity contribution >= 4 is 23.1 Å². The maximum absolute atomic E-state index is 11.8. The van der Waals surface area contributed by atoms with E-state index >= 15 is 0 Å². The van der Waals surface area contributed by atoms with Gasteiger partial charge in [0.2, 0.25) is 0 Å². The first-order valence-electron chi connectivity index (χ1n) is 5.51. The molecular weight excluding hydrogens is 262 g/mol. The zero-order valence-corrected chi connectivity index (χ0v) is 10.5. The van der Waals surface area contributed by atoms with Gasteiger partial charge in [-0.3, -0.25) is 9.89 Å². The van der Waals surface area contributed by atoms with Crippen LogP contribution >= 0.6 is 11.5 Å². The van der Waals surface area contributed by atoms with Crippen LogP contribution in [0.15, 0.2) is 41.9 Å². The molecule has 0 atom stereocenters. The highest BCUT2D eigenvalue weighted by atomic mass is 32.1. The van der Waals surface area contributed by atoms with Crippen LogP contribution in [0.3, 0.4) is 0 Å². The second-order valence-corrected chi connectivity index (χ2v) is 4.40. The molecule has 3 rings (SSSR count). The van der Waals surface area contributed by atoms with E-state index in [2.05, 4.69) is 25.1 Å². The standard InChI is InChI=1S/C12H9N5OS/c18-12(11-7-19-17-16-11)14-9-3-1-8(2-4-9)10-5-6-13-15-10/h1-7H,(H,13,15)(H,14,18). The summed E-state index contributed by atoms with van der Waals surface area (Å²) in [7, 11) is 0. The Bertz CT molecular complexity index is 661. The maximum atomic E-state index is 11.8. The lowest BCUT2D eigenvalue weighted by molar-refractivity contribution is 0.102. The van der Waals surface area contributed by atoms with Gasteiger partial charge in [0, 0.05) is 17.3 Å². The minimum atomic E-state index is -0.261. The van der Waals surface area contributed by atoms with Crippen LogP contribution in [-0.4, -0.2) is 25.7 Å². The molecule has 2 heterocycles. The summed E-state index contributed by atoms with van der Waals surface area (Å²) in [6, 6.07) is 9.35. The van der Waals surface area contributed by atoms with Crippen molar-refractivity contribution in [1.82, 2.24) is 19.8 Å². The van der Waals surface area contributed by atoms with Crippen LogP contribution in [0.2, 0.25) is 0 Å². The third-order valence-electron chi connectivity index (χ3n) is 2.55. The van der Waals surface area contributed by atoms with Gasteiger partial charge in [-0.1, -0.05) is 16.6 Å². The number of nitrogens with zero attached hydrogens (tertiary/aromatic N) is 3. The summed E-state index contributed by atoms with van der Waals surface area (Å²) in [5, 5.41) is 14.9. The van der Waals surface area contributed by atoms with Gasteiger partial charge in [-0.15, -0.1) is 5.10 Å². The first-order chi connectivity index (χ1) is 9.33. The molecule has 1 aromatic carbocycles. The number of nitrogens with one attached hydrogen (secondary N) is 2. The smallest absolute Gasteiger partial charge is 0.277 e. The van der Waals surface area contributed by atoms with E-state index < -0.39 is 0 Å². The Morgan fingerprint density at radius 2 is 2.05 bits per heavy atom. The van der Waals surface area contributed by atoms with Crippen molar-refractivity contribution < 1.29 is 4.79 Å². The molecule has 0 aliphatic rings. The summed E-state index contributed by atoms with van der Waals surface area (Å²) in [5.74, 6) is -0.261. The topological polar surface area (TPSA) is 83.6 Å². The average molecular weight is 271 g/mol. The van der Waals surface area contributed by atoms with Crippen molar-refractivity contribution in [2.24, 2.45) is 0 Å². The zero-order valence-electron chi connectivity index (χ0n) is 9.70. The Hall–Kier alpha value is -2.54. The Labute approximate surface area is 112 Å².